The van der Waals surface area contributed by atoms with Crippen molar-refractivity contribution in [1.29, 1.82) is 0 Å². The molecule has 0 radical (unpaired) electrons. The van der Waals surface area contributed by atoms with Crippen molar-refractivity contribution < 1.29 is 9.47 Å². The summed E-state index contributed by atoms with van der Waals surface area (Å²) < 4.78 is 10.9. The van der Waals surface area contributed by atoms with Crippen molar-refractivity contribution in [3.8, 4) is 12.3 Å². The van der Waals surface area contributed by atoms with Crippen LogP contribution in [0.25, 0.3) is 0 Å². The van der Waals surface area contributed by atoms with Gasteiger partial charge in [-0.25, -0.2) is 0 Å². The molecule has 0 N–H and O–H groups in total. The zero-order valence-corrected chi connectivity index (χ0v) is 14.2. The van der Waals surface area contributed by atoms with E-state index in [-0.39, 0.29) is 0 Å². The Morgan fingerprint density at radius 2 is 1.14 bits per heavy atom. The van der Waals surface area contributed by atoms with Gasteiger partial charge in [-0.2, -0.15) is 0 Å². The molecule has 0 fully saturated rings. The van der Waals surface area contributed by atoms with E-state index in [1.165, 1.54) is 70.6 Å². The summed E-state index contributed by atoms with van der Waals surface area (Å²) in [5.41, 5.74) is 0. The molecule has 0 aliphatic carbocycles. The standard InChI is InChI=1S/C19H36O2/c1-3-5-7-9-11-12-14-16-18-21-19-20-17-15-13-10-8-6-4-2/h1H,4-19H2,2H3. The van der Waals surface area contributed by atoms with Crippen LogP contribution >= 0.6 is 0 Å². The van der Waals surface area contributed by atoms with Crippen LogP contribution in [-0.2, 0) is 9.47 Å². The SMILES string of the molecule is C#CCCCCCCCCOCOCCCCCCCC. The highest BCUT2D eigenvalue weighted by atomic mass is 16.7. The average Bonchev–Trinajstić information content (AvgIpc) is 2.50. The van der Waals surface area contributed by atoms with Gasteiger partial charge in [-0.3, -0.25) is 0 Å². The van der Waals surface area contributed by atoms with E-state index in [9.17, 15) is 0 Å². The summed E-state index contributed by atoms with van der Waals surface area (Å²) in [6.07, 6.45) is 21.5. The fourth-order valence-electron chi connectivity index (χ4n) is 2.30. The summed E-state index contributed by atoms with van der Waals surface area (Å²) in [5.74, 6) is 2.69. The van der Waals surface area contributed by atoms with Crippen LogP contribution in [0.1, 0.15) is 90.4 Å². The second-order valence-electron chi connectivity index (χ2n) is 5.78. The largest absolute Gasteiger partial charge is 0.355 e. The molecule has 0 heterocycles. The molecule has 0 bridgehead atoms. The lowest BCUT2D eigenvalue weighted by Gasteiger charge is -2.06. The summed E-state index contributed by atoms with van der Waals surface area (Å²) >= 11 is 0. The first kappa shape index (κ1) is 20.5. The molecule has 0 aliphatic heterocycles. The summed E-state index contributed by atoms with van der Waals surface area (Å²) in [4.78, 5) is 0. The van der Waals surface area contributed by atoms with Crippen LogP contribution in [-0.4, -0.2) is 20.0 Å². The Morgan fingerprint density at radius 1 is 0.667 bits per heavy atom. The van der Waals surface area contributed by atoms with Gasteiger partial charge in [0, 0.05) is 19.6 Å². The van der Waals surface area contributed by atoms with Gasteiger partial charge in [0.15, 0.2) is 0 Å². The molecule has 0 amide bonds. The molecule has 0 unspecified atom stereocenters. The molecule has 0 aromatic carbocycles. The van der Waals surface area contributed by atoms with Crippen LogP contribution in [0.3, 0.4) is 0 Å². The Balaban J connectivity index is 2.92. The van der Waals surface area contributed by atoms with Crippen molar-refractivity contribution in [2.75, 3.05) is 20.0 Å². The molecule has 0 aromatic rings. The molecule has 0 atom stereocenters. The van der Waals surface area contributed by atoms with Crippen molar-refractivity contribution >= 4 is 0 Å². The Labute approximate surface area is 133 Å². The van der Waals surface area contributed by atoms with Crippen LogP contribution in [0.2, 0.25) is 0 Å². The monoisotopic (exact) mass is 296 g/mol. The highest BCUT2D eigenvalue weighted by Crippen LogP contribution is 2.07. The van der Waals surface area contributed by atoms with E-state index in [2.05, 4.69) is 12.8 Å². The van der Waals surface area contributed by atoms with Gasteiger partial charge in [-0.15, -0.1) is 12.3 Å². The number of hydrogen-bond donors (Lipinski definition) is 0. The maximum Gasteiger partial charge on any atom is 0.146 e. The fourth-order valence-corrected chi connectivity index (χ4v) is 2.30. The Hall–Kier alpha value is -0.520. The van der Waals surface area contributed by atoms with Crippen LogP contribution in [0, 0.1) is 12.3 Å². The van der Waals surface area contributed by atoms with Crippen molar-refractivity contribution in [3.63, 3.8) is 0 Å². The van der Waals surface area contributed by atoms with E-state index >= 15 is 0 Å². The second kappa shape index (κ2) is 19.5. The van der Waals surface area contributed by atoms with Gasteiger partial charge in [0.2, 0.25) is 0 Å². The number of unbranched alkanes of at least 4 members (excludes halogenated alkanes) is 11. The third kappa shape index (κ3) is 19.5. The lowest BCUT2D eigenvalue weighted by Crippen LogP contribution is -2.03. The number of hydrogen-bond acceptors (Lipinski definition) is 2. The first-order valence-corrected chi connectivity index (χ1v) is 9.00. The van der Waals surface area contributed by atoms with Crippen molar-refractivity contribution in [2.45, 2.75) is 90.4 Å². The minimum Gasteiger partial charge on any atom is -0.355 e. The molecule has 2 heteroatoms. The predicted octanol–water partition coefficient (Wildman–Crippen LogP) is 5.70. The van der Waals surface area contributed by atoms with E-state index in [0.29, 0.717) is 6.79 Å². The van der Waals surface area contributed by atoms with Gasteiger partial charge in [0.25, 0.3) is 0 Å². The first-order chi connectivity index (χ1) is 10.4. The second-order valence-corrected chi connectivity index (χ2v) is 5.78. The fraction of sp³-hybridized carbons (Fsp3) is 0.895. The van der Waals surface area contributed by atoms with E-state index in [0.717, 1.165) is 26.1 Å². The van der Waals surface area contributed by atoms with Gasteiger partial charge in [-0.05, 0) is 19.3 Å². The zero-order chi connectivity index (χ0) is 15.4. The quantitative estimate of drug-likeness (QED) is 0.195. The number of rotatable bonds is 17. The minimum atomic E-state index is 0.469. The van der Waals surface area contributed by atoms with Crippen molar-refractivity contribution in [3.05, 3.63) is 0 Å². The normalized spacial score (nSPS) is 10.7. The maximum atomic E-state index is 5.48. The van der Waals surface area contributed by atoms with Gasteiger partial charge in [0.05, 0.1) is 0 Å². The molecule has 0 saturated carbocycles. The molecule has 2 nitrogen and oxygen atoms in total. The highest BCUT2D eigenvalue weighted by molar-refractivity contribution is 4.82. The number of ether oxygens (including phenoxy) is 2. The van der Waals surface area contributed by atoms with Crippen molar-refractivity contribution in [1.82, 2.24) is 0 Å². The first-order valence-electron chi connectivity index (χ1n) is 9.00. The van der Waals surface area contributed by atoms with Crippen LogP contribution in [0.4, 0.5) is 0 Å². The Bertz CT molecular complexity index is 220. The molecule has 124 valence electrons. The summed E-state index contributed by atoms with van der Waals surface area (Å²) in [5, 5.41) is 0. The Morgan fingerprint density at radius 3 is 1.67 bits per heavy atom. The molecular formula is C19H36O2. The summed E-state index contributed by atoms with van der Waals surface area (Å²) in [7, 11) is 0. The van der Waals surface area contributed by atoms with Gasteiger partial charge in [0.1, 0.15) is 6.79 Å². The average molecular weight is 296 g/mol. The van der Waals surface area contributed by atoms with E-state index in [4.69, 9.17) is 15.9 Å². The molecule has 0 spiro atoms. The topological polar surface area (TPSA) is 18.5 Å². The summed E-state index contributed by atoms with van der Waals surface area (Å²) in [6.45, 7) is 4.40. The van der Waals surface area contributed by atoms with Crippen LogP contribution in [0.15, 0.2) is 0 Å². The zero-order valence-electron chi connectivity index (χ0n) is 14.2. The third-order valence-corrected chi connectivity index (χ3v) is 3.67. The molecule has 0 rings (SSSR count). The minimum absolute atomic E-state index is 0.469. The lowest BCUT2D eigenvalue weighted by atomic mass is 10.1. The van der Waals surface area contributed by atoms with Crippen LogP contribution in [0.5, 0.6) is 0 Å². The summed E-state index contributed by atoms with van der Waals surface area (Å²) in [6, 6.07) is 0. The highest BCUT2D eigenvalue weighted by Gasteiger charge is 1.93. The molecule has 0 saturated heterocycles. The number of terminal acetylenes is 1. The van der Waals surface area contributed by atoms with E-state index in [1.54, 1.807) is 0 Å². The smallest absolute Gasteiger partial charge is 0.146 e. The van der Waals surface area contributed by atoms with Crippen molar-refractivity contribution in [2.24, 2.45) is 0 Å². The van der Waals surface area contributed by atoms with Crippen LogP contribution < -0.4 is 0 Å². The van der Waals surface area contributed by atoms with Gasteiger partial charge in [-0.1, -0.05) is 64.7 Å². The van der Waals surface area contributed by atoms with Gasteiger partial charge >= 0.3 is 0 Å². The molecular weight excluding hydrogens is 260 g/mol. The van der Waals surface area contributed by atoms with E-state index in [1.807, 2.05) is 0 Å². The molecule has 0 aromatic heterocycles. The van der Waals surface area contributed by atoms with E-state index < -0.39 is 0 Å². The predicted molar refractivity (Wildman–Crippen MR) is 91.3 cm³/mol. The molecule has 21 heavy (non-hydrogen) atoms. The maximum absolute atomic E-state index is 5.48. The Kier molecular flexibility index (Phi) is 19.0. The lowest BCUT2D eigenvalue weighted by molar-refractivity contribution is -0.0556. The third-order valence-electron chi connectivity index (χ3n) is 3.67. The molecule has 0 aliphatic rings. The van der Waals surface area contributed by atoms with Gasteiger partial charge < -0.3 is 9.47 Å².